The van der Waals surface area contributed by atoms with E-state index in [-0.39, 0.29) is 55.5 Å². The van der Waals surface area contributed by atoms with Gasteiger partial charge in [-0.1, -0.05) is 0 Å². The van der Waals surface area contributed by atoms with Gasteiger partial charge in [0.05, 0.1) is 10.6 Å². The Labute approximate surface area is 197 Å². The van der Waals surface area contributed by atoms with Crippen LogP contribution in [-0.4, -0.2) is 57.4 Å². The molecule has 2 aliphatic rings. The largest absolute Gasteiger partial charge is 0.418 e. The normalized spacial score (nSPS) is 22.3. The van der Waals surface area contributed by atoms with Crippen LogP contribution in [0.4, 0.5) is 37.0 Å². The van der Waals surface area contributed by atoms with Crippen molar-refractivity contribution in [2.75, 3.05) is 42.5 Å². The summed E-state index contributed by atoms with van der Waals surface area (Å²) in [6.07, 6.45) is -5.35. The van der Waals surface area contributed by atoms with Crippen LogP contribution in [-0.2, 0) is 16.2 Å². The third kappa shape index (κ3) is 5.01. The van der Waals surface area contributed by atoms with E-state index in [2.05, 4.69) is 0 Å². The molecule has 1 atom stereocenters. The summed E-state index contributed by atoms with van der Waals surface area (Å²) in [6, 6.07) is 4.82. The Kier molecular flexibility index (Phi) is 6.58. The van der Waals surface area contributed by atoms with Gasteiger partial charge in [-0.2, -0.15) is 17.5 Å². The van der Waals surface area contributed by atoms with Crippen LogP contribution in [0.15, 0.2) is 34.5 Å². The summed E-state index contributed by atoms with van der Waals surface area (Å²) in [6.45, 7) is 1.79. The molecule has 0 amide bonds. The van der Waals surface area contributed by atoms with Crippen molar-refractivity contribution < 1.29 is 34.8 Å². The average molecular weight is 528 g/mol. The number of piperazine rings is 1. The van der Waals surface area contributed by atoms with Crippen LogP contribution in [0, 0.1) is 5.82 Å². The van der Waals surface area contributed by atoms with Crippen molar-refractivity contribution in [1.29, 1.82) is 0 Å². The molecular weight excluding hydrogens is 504 g/mol. The monoisotopic (exact) mass is 527 g/mol. The summed E-state index contributed by atoms with van der Waals surface area (Å²) in [5.74, 6) is -3.72. The highest BCUT2D eigenvalue weighted by molar-refractivity contribution is 7.91. The summed E-state index contributed by atoms with van der Waals surface area (Å²) in [7, 11) is -3.93. The minimum absolute atomic E-state index is 0.00226. The molecule has 0 unspecified atom stereocenters. The van der Waals surface area contributed by atoms with Gasteiger partial charge < -0.3 is 9.80 Å². The predicted octanol–water partition coefficient (Wildman–Crippen LogP) is 5.04. The summed E-state index contributed by atoms with van der Waals surface area (Å²) in [5.41, 5.74) is -1.30. The van der Waals surface area contributed by atoms with Crippen LogP contribution < -0.4 is 9.80 Å². The molecule has 4 rings (SSSR count). The quantitative estimate of drug-likeness (QED) is 0.523. The van der Waals surface area contributed by atoms with Gasteiger partial charge in [0, 0.05) is 57.3 Å². The molecule has 0 N–H and O–H groups in total. The number of thiophene rings is 1. The highest BCUT2D eigenvalue weighted by atomic mass is 32.2. The molecular formula is C21H23F6N3O2S2. The molecule has 0 bridgehead atoms. The van der Waals surface area contributed by atoms with Crippen LogP contribution >= 0.6 is 11.3 Å². The van der Waals surface area contributed by atoms with Gasteiger partial charge in [0.25, 0.3) is 15.9 Å². The fourth-order valence-corrected chi connectivity index (χ4v) is 7.40. The van der Waals surface area contributed by atoms with Gasteiger partial charge in [-0.25, -0.2) is 21.6 Å². The van der Waals surface area contributed by atoms with E-state index < -0.39 is 39.5 Å². The molecule has 0 radical (unpaired) electrons. The van der Waals surface area contributed by atoms with E-state index in [1.54, 1.807) is 17.9 Å². The lowest BCUT2D eigenvalue weighted by atomic mass is 10.1. The molecule has 13 heteroatoms. The molecule has 3 heterocycles. The van der Waals surface area contributed by atoms with Gasteiger partial charge in [0.2, 0.25) is 0 Å². The lowest BCUT2D eigenvalue weighted by Gasteiger charge is -2.40. The summed E-state index contributed by atoms with van der Waals surface area (Å²) >= 11 is 0.994. The van der Waals surface area contributed by atoms with Gasteiger partial charge in [-0.05, 0) is 37.3 Å². The lowest BCUT2D eigenvalue weighted by molar-refractivity contribution is -0.137. The molecule has 188 valence electrons. The molecule has 5 nitrogen and oxygen atoms in total. The number of rotatable bonds is 4. The van der Waals surface area contributed by atoms with Crippen molar-refractivity contribution >= 4 is 32.0 Å². The summed E-state index contributed by atoms with van der Waals surface area (Å²) in [5, 5.41) is 0.585. The van der Waals surface area contributed by atoms with E-state index >= 15 is 0 Å². The Morgan fingerprint density at radius 3 is 2.29 bits per heavy atom. The number of halogens is 6. The van der Waals surface area contributed by atoms with E-state index in [0.717, 1.165) is 23.5 Å². The Hall–Kier alpha value is -1.99. The first-order valence-electron chi connectivity index (χ1n) is 10.6. The topological polar surface area (TPSA) is 43.9 Å². The molecule has 34 heavy (non-hydrogen) atoms. The molecule has 2 saturated heterocycles. The van der Waals surface area contributed by atoms with Crippen LogP contribution in [0.2, 0.25) is 0 Å². The predicted molar refractivity (Wildman–Crippen MR) is 118 cm³/mol. The number of alkyl halides is 5. The standard InChI is InChI=1S/C21H23F6N3O2S2/c1-14-13-29(17-3-2-15(22)12-16(17)21(25,26)27)10-11-30(14)34(31,32)19-5-4-18(33-19)28-8-6-20(23,24)7-9-28/h2-5,12,14H,6-11,13H2,1H3/t14-/m1/s1. The van der Waals surface area contributed by atoms with E-state index in [1.165, 1.54) is 15.3 Å². The average Bonchev–Trinajstić information content (AvgIpc) is 3.24. The maximum absolute atomic E-state index is 13.5. The van der Waals surface area contributed by atoms with Crippen LogP contribution in [0.3, 0.4) is 0 Å². The molecule has 1 aromatic heterocycles. The SMILES string of the molecule is C[C@@H]1CN(c2ccc(F)cc2C(F)(F)F)CCN1S(=O)(=O)c1ccc(N2CCC(F)(F)CC2)s1. The van der Waals surface area contributed by atoms with Gasteiger partial charge >= 0.3 is 6.18 Å². The van der Waals surface area contributed by atoms with E-state index in [1.807, 2.05) is 0 Å². The zero-order valence-corrected chi connectivity index (χ0v) is 19.8. The summed E-state index contributed by atoms with van der Waals surface area (Å²) in [4.78, 5) is 3.14. The van der Waals surface area contributed by atoms with E-state index in [4.69, 9.17) is 0 Å². The zero-order valence-electron chi connectivity index (χ0n) is 18.2. The zero-order chi connectivity index (χ0) is 24.9. The van der Waals surface area contributed by atoms with Crippen molar-refractivity contribution in [1.82, 2.24) is 4.31 Å². The molecule has 0 saturated carbocycles. The Bertz CT molecular complexity index is 1140. The maximum atomic E-state index is 13.5. The number of piperidine rings is 1. The van der Waals surface area contributed by atoms with Gasteiger partial charge in [-0.3, -0.25) is 0 Å². The molecule has 1 aromatic carbocycles. The summed E-state index contributed by atoms with van der Waals surface area (Å²) < 4.78 is 108. The van der Waals surface area contributed by atoms with Crippen molar-refractivity contribution in [2.24, 2.45) is 0 Å². The highest BCUT2D eigenvalue weighted by Crippen LogP contribution is 2.39. The first kappa shape index (κ1) is 25.1. The minimum atomic E-state index is -4.75. The molecule has 2 fully saturated rings. The van der Waals surface area contributed by atoms with Crippen LogP contribution in [0.5, 0.6) is 0 Å². The Balaban J connectivity index is 1.50. The second-order valence-corrected chi connectivity index (χ2v) is 11.7. The number of hydrogen-bond donors (Lipinski definition) is 0. The number of anilines is 2. The molecule has 2 aliphatic heterocycles. The number of benzene rings is 1. The Morgan fingerprint density at radius 2 is 1.68 bits per heavy atom. The van der Waals surface area contributed by atoms with Crippen molar-refractivity contribution in [2.45, 2.75) is 42.1 Å². The third-order valence-corrected chi connectivity index (χ3v) is 9.74. The third-order valence-electron chi connectivity index (χ3n) is 6.11. The molecule has 2 aromatic rings. The van der Waals surface area contributed by atoms with Gasteiger partial charge in [0.1, 0.15) is 10.0 Å². The first-order valence-corrected chi connectivity index (χ1v) is 12.9. The molecule has 0 spiro atoms. The van der Waals surface area contributed by atoms with Crippen LogP contribution in [0.25, 0.3) is 0 Å². The second kappa shape index (κ2) is 8.90. The van der Waals surface area contributed by atoms with Crippen molar-refractivity contribution in [3.05, 3.63) is 41.7 Å². The van der Waals surface area contributed by atoms with Crippen molar-refractivity contribution in [3.63, 3.8) is 0 Å². The number of sulfonamides is 1. The lowest BCUT2D eigenvalue weighted by Crippen LogP contribution is -2.54. The minimum Gasteiger partial charge on any atom is -0.368 e. The number of hydrogen-bond acceptors (Lipinski definition) is 5. The fourth-order valence-electron chi connectivity index (χ4n) is 4.32. The maximum Gasteiger partial charge on any atom is 0.418 e. The van der Waals surface area contributed by atoms with E-state index in [0.29, 0.717) is 11.1 Å². The van der Waals surface area contributed by atoms with Crippen LogP contribution in [0.1, 0.15) is 25.3 Å². The first-order chi connectivity index (χ1) is 15.8. The number of nitrogens with zero attached hydrogens (tertiary/aromatic N) is 3. The highest BCUT2D eigenvalue weighted by Gasteiger charge is 2.40. The van der Waals surface area contributed by atoms with Crippen molar-refractivity contribution in [3.8, 4) is 0 Å². The Morgan fingerprint density at radius 1 is 1.00 bits per heavy atom. The van der Waals surface area contributed by atoms with E-state index in [9.17, 15) is 34.8 Å². The van der Waals surface area contributed by atoms with Gasteiger partial charge in [0.15, 0.2) is 0 Å². The second-order valence-electron chi connectivity index (χ2n) is 8.51. The van der Waals surface area contributed by atoms with Gasteiger partial charge in [-0.15, -0.1) is 11.3 Å². The molecule has 0 aliphatic carbocycles. The fraction of sp³-hybridized carbons (Fsp3) is 0.524. The smallest absolute Gasteiger partial charge is 0.368 e.